The largest absolute Gasteiger partial charge is 0.314 e. The van der Waals surface area contributed by atoms with Gasteiger partial charge in [-0.25, -0.2) is 0 Å². The number of aromatic nitrogens is 1. The van der Waals surface area contributed by atoms with Crippen LogP contribution in [0.25, 0.3) is 0 Å². The number of rotatable bonds is 5. The molecule has 1 saturated heterocycles. The number of nitrogens with zero attached hydrogens (tertiary/aromatic N) is 2. The van der Waals surface area contributed by atoms with Crippen molar-refractivity contribution in [2.45, 2.75) is 19.3 Å². The molecule has 0 saturated carbocycles. The molecule has 2 rings (SSSR count). The fraction of sp³-hybridized carbons (Fsp3) is 0.643. The Kier molecular flexibility index (Phi) is 4.69. The standard InChI is InChI=1S/C14H24N4/c1-14(2,13-5-3-4-6-17-13)11-16-12-18-9-7-15-8-10-18/h3-6,15-16H,7-12H2,1-2H3. The molecule has 1 aliphatic rings. The molecule has 2 N–H and O–H groups in total. The molecule has 1 aromatic heterocycles. The molecule has 100 valence electrons. The summed E-state index contributed by atoms with van der Waals surface area (Å²) in [5.74, 6) is 0. The third-order valence-corrected chi connectivity index (χ3v) is 3.47. The van der Waals surface area contributed by atoms with E-state index in [2.05, 4.69) is 46.5 Å². The molecule has 1 fully saturated rings. The third-order valence-electron chi connectivity index (χ3n) is 3.47. The highest BCUT2D eigenvalue weighted by atomic mass is 15.3. The van der Waals surface area contributed by atoms with E-state index in [1.165, 1.54) is 0 Å². The summed E-state index contributed by atoms with van der Waals surface area (Å²) >= 11 is 0. The van der Waals surface area contributed by atoms with E-state index in [1.807, 2.05) is 12.3 Å². The number of hydrogen-bond acceptors (Lipinski definition) is 4. The Bertz CT molecular complexity index is 344. The van der Waals surface area contributed by atoms with Crippen LogP contribution in [-0.4, -0.2) is 49.3 Å². The lowest BCUT2D eigenvalue weighted by Crippen LogP contribution is -2.48. The van der Waals surface area contributed by atoms with Crippen LogP contribution in [0.15, 0.2) is 24.4 Å². The highest BCUT2D eigenvalue weighted by molar-refractivity contribution is 5.14. The van der Waals surface area contributed by atoms with Gasteiger partial charge in [-0.1, -0.05) is 19.9 Å². The van der Waals surface area contributed by atoms with Crippen molar-refractivity contribution in [3.63, 3.8) is 0 Å². The average Bonchev–Trinajstić information content (AvgIpc) is 2.41. The molecule has 1 aliphatic heterocycles. The van der Waals surface area contributed by atoms with Crippen molar-refractivity contribution >= 4 is 0 Å². The van der Waals surface area contributed by atoms with Crippen LogP contribution >= 0.6 is 0 Å². The smallest absolute Gasteiger partial charge is 0.0481 e. The molecule has 1 aromatic rings. The molecule has 0 spiro atoms. The highest BCUT2D eigenvalue weighted by Gasteiger charge is 2.21. The summed E-state index contributed by atoms with van der Waals surface area (Å²) in [6, 6.07) is 6.13. The minimum atomic E-state index is 0.0787. The van der Waals surface area contributed by atoms with Gasteiger partial charge >= 0.3 is 0 Å². The summed E-state index contributed by atoms with van der Waals surface area (Å²) in [7, 11) is 0. The van der Waals surface area contributed by atoms with E-state index in [4.69, 9.17) is 0 Å². The SMILES string of the molecule is CC(C)(CNCN1CCNCC1)c1ccccn1. The summed E-state index contributed by atoms with van der Waals surface area (Å²) in [5, 5.41) is 6.92. The zero-order valence-corrected chi connectivity index (χ0v) is 11.4. The van der Waals surface area contributed by atoms with Gasteiger partial charge in [0, 0.05) is 56.7 Å². The van der Waals surface area contributed by atoms with Crippen LogP contribution in [0.5, 0.6) is 0 Å². The lowest BCUT2D eigenvalue weighted by molar-refractivity contribution is 0.217. The minimum Gasteiger partial charge on any atom is -0.314 e. The summed E-state index contributed by atoms with van der Waals surface area (Å²) in [5.41, 5.74) is 1.23. The molecule has 0 atom stereocenters. The van der Waals surface area contributed by atoms with Gasteiger partial charge in [0.1, 0.15) is 0 Å². The highest BCUT2D eigenvalue weighted by Crippen LogP contribution is 2.19. The topological polar surface area (TPSA) is 40.2 Å². The van der Waals surface area contributed by atoms with Gasteiger partial charge < -0.3 is 10.6 Å². The first-order valence-electron chi connectivity index (χ1n) is 6.74. The second-order valence-corrected chi connectivity index (χ2v) is 5.55. The van der Waals surface area contributed by atoms with Crippen molar-refractivity contribution in [3.05, 3.63) is 30.1 Å². The van der Waals surface area contributed by atoms with E-state index in [1.54, 1.807) is 0 Å². The van der Waals surface area contributed by atoms with Crippen molar-refractivity contribution in [2.75, 3.05) is 39.4 Å². The number of hydrogen-bond donors (Lipinski definition) is 2. The summed E-state index contributed by atoms with van der Waals surface area (Å²) in [6.07, 6.45) is 1.87. The van der Waals surface area contributed by atoms with Gasteiger partial charge in [0.2, 0.25) is 0 Å². The molecular weight excluding hydrogens is 224 g/mol. The van der Waals surface area contributed by atoms with Gasteiger partial charge in [0.05, 0.1) is 0 Å². The van der Waals surface area contributed by atoms with Crippen molar-refractivity contribution in [2.24, 2.45) is 0 Å². The first-order chi connectivity index (χ1) is 8.68. The van der Waals surface area contributed by atoms with Crippen LogP contribution in [0.1, 0.15) is 19.5 Å². The maximum absolute atomic E-state index is 4.45. The summed E-state index contributed by atoms with van der Waals surface area (Å²) in [6.45, 7) is 10.9. The van der Waals surface area contributed by atoms with Crippen LogP contribution in [0.3, 0.4) is 0 Å². The van der Waals surface area contributed by atoms with Gasteiger partial charge in [-0.05, 0) is 12.1 Å². The van der Waals surface area contributed by atoms with E-state index in [9.17, 15) is 0 Å². The van der Waals surface area contributed by atoms with Gasteiger partial charge in [-0.15, -0.1) is 0 Å². The zero-order chi connectivity index (χ0) is 12.8. The Morgan fingerprint density at radius 1 is 1.33 bits per heavy atom. The van der Waals surface area contributed by atoms with Gasteiger partial charge in [0.25, 0.3) is 0 Å². The molecule has 0 unspecified atom stereocenters. The minimum absolute atomic E-state index is 0.0787. The quantitative estimate of drug-likeness (QED) is 0.809. The van der Waals surface area contributed by atoms with E-state index in [-0.39, 0.29) is 5.41 Å². The molecule has 0 bridgehead atoms. The molecular formula is C14H24N4. The molecule has 0 radical (unpaired) electrons. The average molecular weight is 248 g/mol. The third kappa shape index (κ3) is 3.77. The van der Waals surface area contributed by atoms with Crippen molar-refractivity contribution in [1.82, 2.24) is 20.5 Å². The number of pyridine rings is 1. The summed E-state index contributed by atoms with van der Waals surface area (Å²) < 4.78 is 0. The van der Waals surface area contributed by atoms with Crippen molar-refractivity contribution in [1.29, 1.82) is 0 Å². The molecule has 0 aromatic carbocycles. The van der Waals surface area contributed by atoms with Crippen molar-refractivity contribution < 1.29 is 0 Å². The lowest BCUT2D eigenvalue weighted by Gasteiger charge is -2.30. The van der Waals surface area contributed by atoms with Crippen LogP contribution in [-0.2, 0) is 5.41 Å². The predicted molar refractivity (Wildman–Crippen MR) is 74.6 cm³/mol. The van der Waals surface area contributed by atoms with Crippen LogP contribution < -0.4 is 10.6 Å². The second kappa shape index (κ2) is 6.27. The first kappa shape index (κ1) is 13.5. The second-order valence-electron chi connectivity index (χ2n) is 5.55. The molecule has 2 heterocycles. The molecule has 4 heteroatoms. The Morgan fingerprint density at radius 3 is 2.78 bits per heavy atom. The Morgan fingerprint density at radius 2 is 2.11 bits per heavy atom. The lowest BCUT2D eigenvalue weighted by atomic mass is 9.89. The fourth-order valence-corrected chi connectivity index (χ4v) is 2.25. The normalized spacial score (nSPS) is 17.9. The first-order valence-corrected chi connectivity index (χ1v) is 6.74. The van der Waals surface area contributed by atoms with Gasteiger partial charge in [-0.2, -0.15) is 0 Å². The molecule has 4 nitrogen and oxygen atoms in total. The van der Waals surface area contributed by atoms with Gasteiger partial charge in [0.15, 0.2) is 0 Å². The molecule has 18 heavy (non-hydrogen) atoms. The van der Waals surface area contributed by atoms with Crippen LogP contribution in [0, 0.1) is 0 Å². The van der Waals surface area contributed by atoms with E-state index in [0.29, 0.717) is 0 Å². The molecule has 0 amide bonds. The van der Waals surface area contributed by atoms with Crippen LogP contribution in [0.2, 0.25) is 0 Å². The Hall–Kier alpha value is -0.970. The van der Waals surface area contributed by atoms with E-state index < -0.39 is 0 Å². The number of nitrogens with one attached hydrogen (secondary N) is 2. The van der Waals surface area contributed by atoms with E-state index in [0.717, 1.165) is 45.1 Å². The predicted octanol–water partition coefficient (Wildman–Crippen LogP) is 0.812. The van der Waals surface area contributed by atoms with Crippen molar-refractivity contribution in [3.8, 4) is 0 Å². The zero-order valence-electron chi connectivity index (χ0n) is 11.4. The summed E-state index contributed by atoms with van der Waals surface area (Å²) in [4.78, 5) is 6.90. The maximum atomic E-state index is 4.45. The van der Waals surface area contributed by atoms with Crippen LogP contribution in [0.4, 0.5) is 0 Å². The molecule has 0 aliphatic carbocycles. The monoisotopic (exact) mass is 248 g/mol. The maximum Gasteiger partial charge on any atom is 0.0481 e. The Balaban J connectivity index is 1.78. The fourth-order valence-electron chi connectivity index (χ4n) is 2.25. The Labute approximate surface area is 110 Å². The van der Waals surface area contributed by atoms with Gasteiger partial charge in [-0.3, -0.25) is 9.88 Å². The number of piperazine rings is 1. The van der Waals surface area contributed by atoms with E-state index >= 15 is 0 Å².